The molecule has 0 aromatic heterocycles. The molecule has 0 aliphatic carbocycles. The van der Waals surface area contributed by atoms with Crippen LogP contribution in [-0.2, 0) is 33.3 Å². The highest BCUT2D eigenvalue weighted by Crippen LogP contribution is 2.19. The molecule has 82 heavy (non-hydrogen) atoms. The van der Waals surface area contributed by atoms with Gasteiger partial charge in [0.05, 0.1) is 40.3 Å². The molecule has 9 heteroatoms. The van der Waals surface area contributed by atoms with Gasteiger partial charge >= 0.3 is 11.9 Å². The zero-order chi connectivity index (χ0) is 59.8. The lowest BCUT2D eigenvalue weighted by Gasteiger charge is -2.26. The van der Waals surface area contributed by atoms with Crippen LogP contribution in [-0.4, -0.2) is 82.3 Å². The SMILES string of the molecule is CCCCCCCCC/C=C\CCCCCCCCCC(=O)OCC(COC(OCC[N+](C)(C)C)C(=O)[O-])OC(=O)CCCCCCCCCCCCCCCCCCCCCCCCCCCCC/C=C\CCCCCCCCCC. The van der Waals surface area contributed by atoms with Gasteiger partial charge in [0.25, 0.3) is 0 Å². The zero-order valence-electron chi connectivity index (χ0n) is 55.4. The van der Waals surface area contributed by atoms with E-state index in [4.69, 9.17) is 18.9 Å². The maximum atomic E-state index is 12.9. The van der Waals surface area contributed by atoms with Crippen molar-refractivity contribution in [1.82, 2.24) is 0 Å². The highest BCUT2D eigenvalue weighted by atomic mass is 16.7. The van der Waals surface area contributed by atoms with Gasteiger partial charge in [0, 0.05) is 12.8 Å². The number of quaternary nitrogens is 1. The smallest absolute Gasteiger partial charge is 0.306 e. The summed E-state index contributed by atoms with van der Waals surface area (Å²) in [6, 6.07) is 0. The first-order valence-electron chi connectivity index (χ1n) is 36.0. The van der Waals surface area contributed by atoms with Gasteiger partial charge in [-0.2, -0.15) is 0 Å². The third kappa shape index (κ3) is 65.3. The second-order valence-electron chi connectivity index (χ2n) is 25.9. The molecule has 0 rings (SSSR count). The number of hydrogen-bond acceptors (Lipinski definition) is 8. The van der Waals surface area contributed by atoms with Gasteiger partial charge in [-0.15, -0.1) is 0 Å². The number of hydrogen-bond donors (Lipinski definition) is 0. The minimum absolute atomic E-state index is 0.150. The molecule has 0 N–H and O–H groups in total. The summed E-state index contributed by atoms with van der Waals surface area (Å²) in [6.45, 7) is 4.80. The van der Waals surface area contributed by atoms with Crippen LogP contribution in [0.25, 0.3) is 0 Å². The first-order chi connectivity index (χ1) is 40.1. The van der Waals surface area contributed by atoms with E-state index >= 15 is 0 Å². The number of esters is 2. The van der Waals surface area contributed by atoms with Crippen LogP contribution in [0.5, 0.6) is 0 Å². The van der Waals surface area contributed by atoms with E-state index < -0.39 is 24.3 Å². The predicted octanol–water partition coefficient (Wildman–Crippen LogP) is 20.9. The summed E-state index contributed by atoms with van der Waals surface area (Å²) < 4.78 is 22.8. The van der Waals surface area contributed by atoms with Gasteiger partial charge in [-0.3, -0.25) is 9.59 Å². The minimum Gasteiger partial charge on any atom is -0.545 e. The molecule has 0 bridgehead atoms. The Morgan fingerprint density at radius 2 is 0.622 bits per heavy atom. The topological polar surface area (TPSA) is 111 Å². The molecule has 0 amide bonds. The molecule has 0 spiro atoms. The second-order valence-corrected chi connectivity index (χ2v) is 25.9. The van der Waals surface area contributed by atoms with Crippen molar-refractivity contribution < 1.29 is 42.9 Å². The summed E-state index contributed by atoms with van der Waals surface area (Å²) in [7, 11) is 5.94. The maximum Gasteiger partial charge on any atom is 0.306 e. The standard InChI is InChI=1S/C73H139NO8/c1-6-8-10-12-14-16-18-20-22-24-26-27-28-29-30-31-32-33-34-35-36-37-38-39-40-41-42-43-44-45-46-48-50-52-54-56-58-60-62-64-71(76)82-69(68-81-73(72(77)78)79-66-65-74(3,4)5)67-80-70(75)63-61-59-57-55-53-51-49-47-25-23-21-19-17-15-13-11-9-7-2/h23-26,69,73H,6-22,27-68H2,1-5H3/b25-23-,26-24-. The van der Waals surface area contributed by atoms with Crippen LogP contribution in [0.1, 0.15) is 367 Å². The molecule has 484 valence electrons. The van der Waals surface area contributed by atoms with Crippen LogP contribution in [0, 0.1) is 0 Å². The van der Waals surface area contributed by atoms with Crippen molar-refractivity contribution in [3.05, 3.63) is 24.3 Å². The van der Waals surface area contributed by atoms with Crippen molar-refractivity contribution in [3.63, 3.8) is 0 Å². The van der Waals surface area contributed by atoms with Crippen molar-refractivity contribution in [2.45, 2.75) is 379 Å². The summed E-state index contributed by atoms with van der Waals surface area (Å²) in [5.74, 6) is -2.26. The molecule has 0 fully saturated rings. The van der Waals surface area contributed by atoms with E-state index in [2.05, 4.69) is 38.2 Å². The number of unbranched alkanes of at least 4 members (excludes halogenated alkanes) is 49. The molecule has 0 aliphatic rings. The number of ether oxygens (including phenoxy) is 4. The lowest BCUT2D eigenvalue weighted by Crippen LogP contribution is -2.44. The molecular formula is C73H139NO8. The van der Waals surface area contributed by atoms with Crippen LogP contribution in [0.4, 0.5) is 0 Å². The van der Waals surface area contributed by atoms with E-state index in [1.165, 1.54) is 302 Å². The van der Waals surface area contributed by atoms with Crippen molar-refractivity contribution >= 4 is 17.9 Å². The van der Waals surface area contributed by atoms with Gasteiger partial charge in [0.2, 0.25) is 0 Å². The Morgan fingerprint density at radius 1 is 0.354 bits per heavy atom. The fraction of sp³-hybridized carbons (Fsp3) is 0.904. The number of rotatable bonds is 68. The second kappa shape index (κ2) is 64.8. The van der Waals surface area contributed by atoms with Crippen molar-refractivity contribution in [3.8, 4) is 0 Å². The Labute approximate surface area is 509 Å². The van der Waals surface area contributed by atoms with E-state index in [0.29, 0.717) is 17.4 Å². The van der Waals surface area contributed by atoms with Crippen LogP contribution in [0.15, 0.2) is 24.3 Å². The first kappa shape index (κ1) is 79.8. The maximum absolute atomic E-state index is 12.9. The Bertz CT molecular complexity index is 1390. The third-order valence-corrected chi connectivity index (χ3v) is 16.4. The lowest BCUT2D eigenvalue weighted by molar-refractivity contribution is -0.870. The van der Waals surface area contributed by atoms with Crippen molar-refractivity contribution in [2.24, 2.45) is 0 Å². The minimum atomic E-state index is -1.62. The molecule has 0 heterocycles. The number of carboxylic acids is 1. The fourth-order valence-electron chi connectivity index (χ4n) is 10.9. The molecule has 2 atom stereocenters. The fourth-order valence-corrected chi connectivity index (χ4v) is 10.9. The van der Waals surface area contributed by atoms with E-state index in [1.807, 2.05) is 21.1 Å². The molecule has 0 aromatic carbocycles. The Balaban J connectivity index is 3.94. The number of carbonyl (C=O) groups excluding carboxylic acids is 3. The van der Waals surface area contributed by atoms with E-state index in [9.17, 15) is 19.5 Å². The van der Waals surface area contributed by atoms with Crippen LogP contribution in [0.2, 0.25) is 0 Å². The number of carboxylic acid groups (broad SMARTS) is 1. The average molecular weight is 1160 g/mol. The van der Waals surface area contributed by atoms with Crippen molar-refractivity contribution in [1.29, 1.82) is 0 Å². The van der Waals surface area contributed by atoms with Gasteiger partial charge < -0.3 is 33.3 Å². The number of allylic oxidation sites excluding steroid dienone is 4. The normalized spacial score (nSPS) is 12.7. The number of nitrogens with zero attached hydrogens (tertiary/aromatic N) is 1. The molecular weight excluding hydrogens is 1020 g/mol. The van der Waals surface area contributed by atoms with Crippen molar-refractivity contribution in [2.75, 3.05) is 47.5 Å². The molecule has 0 saturated carbocycles. The van der Waals surface area contributed by atoms with Crippen LogP contribution < -0.4 is 5.11 Å². The largest absolute Gasteiger partial charge is 0.545 e. The zero-order valence-corrected chi connectivity index (χ0v) is 55.4. The van der Waals surface area contributed by atoms with Gasteiger partial charge in [0.1, 0.15) is 13.2 Å². The van der Waals surface area contributed by atoms with E-state index in [1.54, 1.807) is 0 Å². The van der Waals surface area contributed by atoms with Gasteiger partial charge in [-0.05, 0) is 64.2 Å². The highest BCUT2D eigenvalue weighted by Gasteiger charge is 2.22. The summed E-state index contributed by atoms with van der Waals surface area (Å²) >= 11 is 0. The lowest BCUT2D eigenvalue weighted by atomic mass is 10.0. The summed E-state index contributed by atoms with van der Waals surface area (Å²) in [5.41, 5.74) is 0. The van der Waals surface area contributed by atoms with E-state index in [0.717, 1.165) is 38.5 Å². The molecule has 0 aromatic rings. The first-order valence-corrected chi connectivity index (χ1v) is 36.0. The predicted molar refractivity (Wildman–Crippen MR) is 348 cm³/mol. The van der Waals surface area contributed by atoms with Gasteiger partial charge in [-0.1, -0.05) is 314 Å². The third-order valence-electron chi connectivity index (χ3n) is 16.4. The number of aliphatic carboxylic acids is 1. The average Bonchev–Trinajstić information content (AvgIpc) is 3.47. The number of carbonyl (C=O) groups is 3. The quantitative estimate of drug-likeness (QED) is 0.0195. The van der Waals surface area contributed by atoms with Gasteiger partial charge in [0.15, 0.2) is 12.4 Å². The van der Waals surface area contributed by atoms with Crippen LogP contribution in [0.3, 0.4) is 0 Å². The van der Waals surface area contributed by atoms with E-state index in [-0.39, 0.29) is 32.2 Å². The summed E-state index contributed by atoms with van der Waals surface area (Å²) in [4.78, 5) is 37.4. The molecule has 0 aliphatic heterocycles. The molecule has 2 unspecified atom stereocenters. The summed E-state index contributed by atoms with van der Waals surface area (Å²) in [5, 5.41) is 11.8. The molecule has 0 saturated heterocycles. The Kier molecular flexibility index (Phi) is 63.0. The highest BCUT2D eigenvalue weighted by molar-refractivity contribution is 5.70. The molecule has 0 radical (unpaired) electrons. The number of likely N-dealkylation sites (N-methyl/N-ethyl adjacent to an activating group) is 1. The summed E-state index contributed by atoms with van der Waals surface area (Å²) in [6.07, 6.45) is 77.2. The Hall–Kier alpha value is -2.23. The van der Waals surface area contributed by atoms with Crippen LogP contribution >= 0.6 is 0 Å². The Morgan fingerprint density at radius 3 is 0.902 bits per heavy atom. The molecule has 9 nitrogen and oxygen atoms in total. The van der Waals surface area contributed by atoms with Gasteiger partial charge in [-0.25, -0.2) is 0 Å². The monoisotopic (exact) mass is 1160 g/mol.